The monoisotopic (exact) mass is 230 g/mol. The van der Waals surface area contributed by atoms with Gasteiger partial charge in [-0.25, -0.2) is 0 Å². The molecule has 3 heteroatoms. The van der Waals surface area contributed by atoms with Crippen molar-refractivity contribution in [3.8, 4) is 5.75 Å². The summed E-state index contributed by atoms with van der Waals surface area (Å²) in [5.74, 6) is 2.16. The molecule has 0 aliphatic heterocycles. The van der Waals surface area contributed by atoms with Crippen molar-refractivity contribution in [2.75, 3.05) is 0 Å². The molecule has 0 bridgehead atoms. The molecule has 0 heterocycles. The van der Waals surface area contributed by atoms with Crippen molar-refractivity contribution in [1.82, 2.24) is 0 Å². The number of rotatable bonds is 2. The Morgan fingerprint density at radius 1 is 1.50 bits per heavy atom. The van der Waals surface area contributed by atoms with Crippen LogP contribution in [0.25, 0.3) is 0 Å². The first-order chi connectivity index (χ1) is 5.69. The van der Waals surface area contributed by atoms with Crippen LogP contribution in [0.4, 0.5) is 0 Å². The van der Waals surface area contributed by atoms with E-state index in [1.165, 1.54) is 0 Å². The summed E-state index contributed by atoms with van der Waals surface area (Å²) in [7, 11) is 0. The Labute approximate surface area is 77.8 Å². The maximum atomic E-state index is 10.5. The summed E-state index contributed by atoms with van der Waals surface area (Å²) in [5, 5.41) is 9.50. The van der Waals surface area contributed by atoms with E-state index in [4.69, 9.17) is 0 Å². The van der Waals surface area contributed by atoms with Crippen LogP contribution in [0, 0.1) is 6.92 Å². The standard InChI is InChI=1S/C9H10O2Se/c1-6-3-7(5-10)9(11)8(4-6)12-2/h3-5,11H,1-2H3. The van der Waals surface area contributed by atoms with Gasteiger partial charge in [0.1, 0.15) is 0 Å². The average molecular weight is 229 g/mol. The number of phenols is 1. The number of carbonyl (C=O) groups excluding carboxylic acids is 1. The fourth-order valence-corrected chi connectivity index (χ4v) is 2.31. The molecule has 1 N–H and O–H groups in total. The second-order valence-corrected chi connectivity index (χ2v) is 4.30. The van der Waals surface area contributed by atoms with Gasteiger partial charge in [0.2, 0.25) is 0 Å². The van der Waals surface area contributed by atoms with Crippen LogP contribution in [0.5, 0.6) is 5.75 Å². The molecule has 0 aromatic heterocycles. The predicted molar refractivity (Wildman–Crippen MR) is 49.5 cm³/mol. The van der Waals surface area contributed by atoms with E-state index < -0.39 is 0 Å². The summed E-state index contributed by atoms with van der Waals surface area (Å²) in [4.78, 5) is 10.5. The number of carbonyl (C=O) groups is 1. The minimum atomic E-state index is 0.151. The molecule has 0 spiro atoms. The van der Waals surface area contributed by atoms with Crippen LogP contribution in [-0.4, -0.2) is 26.3 Å². The van der Waals surface area contributed by atoms with Crippen molar-refractivity contribution in [3.63, 3.8) is 0 Å². The second kappa shape index (κ2) is 3.74. The van der Waals surface area contributed by atoms with Crippen molar-refractivity contribution in [3.05, 3.63) is 23.3 Å². The van der Waals surface area contributed by atoms with E-state index in [0.717, 1.165) is 10.0 Å². The first-order valence-electron chi connectivity index (χ1n) is 3.52. The number of benzene rings is 1. The molecule has 0 aliphatic rings. The third kappa shape index (κ3) is 1.68. The molecule has 1 rings (SSSR count). The summed E-state index contributed by atoms with van der Waals surface area (Å²) < 4.78 is 0.893. The number of phenolic OH excluding ortho intramolecular Hbond substituents is 1. The van der Waals surface area contributed by atoms with E-state index in [2.05, 4.69) is 0 Å². The minimum absolute atomic E-state index is 0.151. The molecule has 64 valence electrons. The zero-order chi connectivity index (χ0) is 9.14. The summed E-state index contributed by atoms with van der Waals surface area (Å²) in [6.07, 6.45) is 0.692. The van der Waals surface area contributed by atoms with E-state index in [1.807, 2.05) is 18.8 Å². The van der Waals surface area contributed by atoms with E-state index in [9.17, 15) is 9.90 Å². The normalized spacial score (nSPS) is 9.83. The van der Waals surface area contributed by atoms with Gasteiger partial charge in [0, 0.05) is 0 Å². The summed E-state index contributed by atoms with van der Waals surface area (Å²) in [6.45, 7) is 1.92. The van der Waals surface area contributed by atoms with Crippen LogP contribution in [0.2, 0.25) is 5.82 Å². The van der Waals surface area contributed by atoms with Gasteiger partial charge < -0.3 is 0 Å². The predicted octanol–water partition coefficient (Wildman–Crippen LogP) is 0.891. The number of aldehydes is 1. The number of hydrogen-bond donors (Lipinski definition) is 1. The van der Waals surface area contributed by atoms with Crippen LogP contribution < -0.4 is 4.46 Å². The molecule has 0 radical (unpaired) electrons. The van der Waals surface area contributed by atoms with Gasteiger partial charge in [-0.2, -0.15) is 0 Å². The number of aromatic hydroxyl groups is 1. The van der Waals surface area contributed by atoms with Crippen molar-refractivity contribution < 1.29 is 9.90 Å². The van der Waals surface area contributed by atoms with Crippen LogP contribution >= 0.6 is 0 Å². The van der Waals surface area contributed by atoms with Crippen LogP contribution in [-0.2, 0) is 0 Å². The molecule has 0 fully saturated rings. The van der Waals surface area contributed by atoms with Crippen LogP contribution in [0.3, 0.4) is 0 Å². The van der Waals surface area contributed by atoms with E-state index in [0.29, 0.717) is 11.8 Å². The fraction of sp³-hybridized carbons (Fsp3) is 0.222. The molecule has 0 amide bonds. The molecule has 0 saturated carbocycles. The van der Waals surface area contributed by atoms with E-state index in [-0.39, 0.29) is 20.7 Å². The molecule has 1 aromatic carbocycles. The van der Waals surface area contributed by atoms with Crippen LogP contribution in [0.15, 0.2) is 12.1 Å². The molecule has 0 saturated heterocycles. The number of hydrogen-bond acceptors (Lipinski definition) is 2. The molecular weight excluding hydrogens is 219 g/mol. The van der Waals surface area contributed by atoms with Gasteiger partial charge in [0.05, 0.1) is 0 Å². The van der Waals surface area contributed by atoms with Crippen molar-refractivity contribution >= 4 is 25.7 Å². The first kappa shape index (κ1) is 9.30. The Balaban J connectivity index is 3.31. The summed E-state index contributed by atoms with van der Waals surface area (Å²) in [6, 6.07) is 3.61. The van der Waals surface area contributed by atoms with Crippen LogP contribution in [0.1, 0.15) is 15.9 Å². The SMILES string of the molecule is C[Se]c1cc(C)cc(C=O)c1O. The Morgan fingerprint density at radius 2 is 2.17 bits per heavy atom. The fourth-order valence-electron chi connectivity index (χ4n) is 1.02. The van der Waals surface area contributed by atoms with Gasteiger partial charge >= 0.3 is 77.4 Å². The summed E-state index contributed by atoms with van der Waals surface area (Å²) in [5.41, 5.74) is 1.42. The quantitative estimate of drug-likeness (QED) is 0.604. The molecular formula is C9H10O2Se. The van der Waals surface area contributed by atoms with Gasteiger partial charge in [0.15, 0.2) is 0 Å². The zero-order valence-electron chi connectivity index (χ0n) is 7.00. The molecule has 0 atom stereocenters. The third-order valence-corrected chi connectivity index (χ3v) is 3.17. The molecule has 12 heavy (non-hydrogen) atoms. The topological polar surface area (TPSA) is 37.3 Å². The molecule has 1 aromatic rings. The van der Waals surface area contributed by atoms with Gasteiger partial charge in [-0.1, -0.05) is 0 Å². The average Bonchev–Trinajstić information content (AvgIpc) is 2.08. The summed E-state index contributed by atoms with van der Waals surface area (Å²) >= 11 is 0.230. The Kier molecular flexibility index (Phi) is 2.90. The zero-order valence-corrected chi connectivity index (χ0v) is 8.71. The first-order valence-corrected chi connectivity index (χ1v) is 6.08. The van der Waals surface area contributed by atoms with E-state index >= 15 is 0 Å². The Morgan fingerprint density at radius 3 is 2.67 bits per heavy atom. The molecule has 2 nitrogen and oxygen atoms in total. The van der Waals surface area contributed by atoms with Crippen molar-refractivity contribution in [2.24, 2.45) is 0 Å². The van der Waals surface area contributed by atoms with Gasteiger partial charge in [-0.15, -0.1) is 0 Å². The van der Waals surface area contributed by atoms with Gasteiger partial charge in [-0.3, -0.25) is 0 Å². The van der Waals surface area contributed by atoms with E-state index in [1.54, 1.807) is 6.07 Å². The Hall–Kier alpha value is -0.791. The molecule has 0 aliphatic carbocycles. The maximum absolute atomic E-state index is 10.5. The van der Waals surface area contributed by atoms with Gasteiger partial charge in [0.25, 0.3) is 0 Å². The van der Waals surface area contributed by atoms with Crippen molar-refractivity contribution in [2.45, 2.75) is 12.7 Å². The van der Waals surface area contributed by atoms with Crippen molar-refractivity contribution in [1.29, 1.82) is 0 Å². The van der Waals surface area contributed by atoms with Gasteiger partial charge in [-0.05, 0) is 0 Å². The number of aryl methyl sites for hydroxylation is 1. The molecule has 0 unspecified atom stereocenters. The Bertz CT molecular complexity index is 308. The second-order valence-electron chi connectivity index (χ2n) is 2.52. The third-order valence-electron chi connectivity index (χ3n) is 1.60.